The van der Waals surface area contributed by atoms with E-state index in [-0.39, 0.29) is 17.6 Å². The lowest BCUT2D eigenvalue weighted by molar-refractivity contribution is -0.0311. The number of hydrogen-bond donors (Lipinski definition) is 1. The van der Waals surface area contributed by atoms with Crippen molar-refractivity contribution < 1.29 is 9.47 Å². The Balaban J connectivity index is 1.89. The minimum atomic E-state index is -0.194. The third kappa shape index (κ3) is 3.59. The van der Waals surface area contributed by atoms with Gasteiger partial charge in [0.15, 0.2) is 0 Å². The lowest BCUT2D eigenvalue weighted by Gasteiger charge is -2.48. The molecule has 0 saturated carbocycles. The molecule has 1 aliphatic rings. The monoisotopic (exact) mass is 353 g/mol. The van der Waals surface area contributed by atoms with Gasteiger partial charge >= 0.3 is 0 Å². The van der Waals surface area contributed by atoms with Crippen molar-refractivity contribution in [2.75, 3.05) is 6.54 Å². The van der Waals surface area contributed by atoms with Crippen molar-refractivity contribution in [3.05, 3.63) is 60.2 Å². The molecule has 0 radical (unpaired) electrons. The van der Waals surface area contributed by atoms with Crippen molar-refractivity contribution in [3.63, 3.8) is 0 Å². The molecular formula is C23H31NO2. The predicted molar refractivity (Wildman–Crippen MR) is 107 cm³/mol. The maximum atomic E-state index is 6.53. The van der Waals surface area contributed by atoms with Crippen molar-refractivity contribution in [3.8, 4) is 11.5 Å². The van der Waals surface area contributed by atoms with Crippen LogP contribution < -0.4 is 15.2 Å². The highest BCUT2D eigenvalue weighted by Gasteiger charge is 2.47. The van der Waals surface area contributed by atoms with E-state index in [4.69, 9.17) is 15.2 Å². The van der Waals surface area contributed by atoms with Crippen LogP contribution in [0.4, 0.5) is 0 Å². The lowest BCUT2D eigenvalue weighted by Crippen LogP contribution is -2.52. The minimum absolute atomic E-state index is 0.106. The molecule has 3 rings (SSSR count). The molecule has 140 valence electrons. The Labute approximate surface area is 157 Å². The number of fused-ring (bicyclic) bond motifs is 1. The number of benzene rings is 2. The normalized spacial score (nSPS) is 22.2. The molecule has 0 saturated heterocycles. The molecule has 2 N–H and O–H groups in total. The average Bonchev–Trinajstić information content (AvgIpc) is 2.68. The van der Waals surface area contributed by atoms with Gasteiger partial charge in [0.25, 0.3) is 0 Å². The number of rotatable bonds is 7. The van der Waals surface area contributed by atoms with E-state index >= 15 is 0 Å². The Hall–Kier alpha value is -2.00. The highest BCUT2D eigenvalue weighted by atomic mass is 16.5. The smallest absolute Gasteiger partial charge is 0.123 e. The molecule has 2 aromatic rings. The molecule has 0 fully saturated rings. The summed E-state index contributed by atoms with van der Waals surface area (Å²) in [5.74, 6) is 2.55. The van der Waals surface area contributed by atoms with E-state index in [1.807, 2.05) is 30.3 Å². The van der Waals surface area contributed by atoms with E-state index in [9.17, 15) is 0 Å². The van der Waals surface area contributed by atoms with E-state index in [1.165, 1.54) is 5.56 Å². The Bertz CT molecular complexity index is 696. The van der Waals surface area contributed by atoms with Crippen LogP contribution in [0.15, 0.2) is 54.6 Å². The summed E-state index contributed by atoms with van der Waals surface area (Å²) in [6.07, 6.45) is 2.96. The summed E-state index contributed by atoms with van der Waals surface area (Å²) in [6, 6.07) is 18.5. The van der Waals surface area contributed by atoms with Crippen LogP contribution in [0.25, 0.3) is 0 Å². The van der Waals surface area contributed by atoms with E-state index in [2.05, 4.69) is 45.0 Å². The van der Waals surface area contributed by atoms with Crippen molar-refractivity contribution >= 4 is 0 Å². The summed E-state index contributed by atoms with van der Waals surface area (Å²) in [6.45, 7) is 7.19. The van der Waals surface area contributed by atoms with Crippen LogP contribution in [0.5, 0.6) is 11.5 Å². The highest BCUT2D eigenvalue weighted by Crippen LogP contribution is 2.49. The van der Waals surface area contributed by atoms with Crippen molar-refractivity contribution in [2.24, 2.45) is 11.7 Å². The zero-order valence-electron chi connectivity index (χ0n) is 16.2. The van der Waals surface area contributed by atoms with E-state index in [0.29, 0.717) is 12.5 Å². The summed E-state index contributed by atoms with van der Waals surface area (Å²) >= 11 is 0. The minimum Gasteiger partial charge on any atom is -0.491 e. The van der Waals surface area contributed by atoms with Gasteiger partial charge in [-0.25, -0.2) is 0 Å². The molecule has 3 atom stereocenters. The van der Waals surface area contributed by atoms with Crippen LogP contribution in [0.1, 0.15) is 51.5 Å². The van der Waals surface area contributed by atoms with Gasteiger partial charge in [0, 0.05) is 5.92 Å². The Morgan fingerprint density at radius 1 is 1.04 bits per heavy atom. The van der Waals surface area contributed by atoms with Gasteiger partial charge in [-0.3, -0.25) is 0 Å². The zero-order valence-corrected chi connectivity index (χ0v) is 16.2. The van der Waals surface area contributed by atoms with Crippen LogP contribution in [0, 0.1) is 5.92 Å². The largest absolute Gasteiger partial charge is 0.491 e. The molecule has 1 heterocycles. The zero-order chi connectivity index (χ0) is 18.6. The fourth-order valence-corrected chi connectivity index (χ4v) is 4.48. The van der Waals surface area contributed by atoms with Gasteiger partial charge in [-0.05, 0) is 62.4 Å². The summed E-state index contributed by atoms with van der Waals surface area (Å²) in [7, 11) is 0. The van der Waals surface area contributed by atoms with Crippen LogP contribution in [0.3, 0.4) is 0 Å². The van der Waals surface area contributed by atoms with Crippen LogP contribution in [0.2, 0.25) is 0 Å². The van der Waals surface area contributed by atoms with Crippen LogP contribution in [-0.2, 0) is 0 Å². The Morgan fingerprint density at radius 2 is 1.69 bits per heavy atom. The fraction of sp³-hybridized carbons (Fsp3) is 0.478. The first-order valence-corrected chi connectivity index (χ1v) is 9.83. The third-order valence-corrected chi connectivity index (χ3v) is 5.91. The van der Waals surface area contributed by atoms with Gasteiger partial charge in [0.1, 0.15) is 17.1 Å². The van der Waals surface area contributed by atoms with E-state index in [1.54, 1.807) is 0 Å². The Kier molecular flexibility index (Phi) is 5.87. The lowest BCUT2D eigenvalue weighted by atomic mass is 9.68. The SMILES string of the molecule is CCC1(CC)Oc2ccccc2C(CC(C)Oc2ccccc2)C1CN. The molecule has 0 spiro atoms. The number of hydrogen-bond acceptors (Lipinski definition) is 3. The molecule has 2 aromatic carbocycles. The quantitative estimate of drug-likeness (QED) is 0.748. The first-order valence-electron chi connectivity index (χ1n) is 9.83. The van der Waals surface area contributed by atoms with Crippen molar-refractivity contribution in [1.82, 2.24) is 0 Å². The number of para-hydroxylation sites is 2. The molecule has 1 aliphatic heterocycles. The second-order valence-corrected chi connectivity index (χ2v) is 7.34. The molecule has 3 unspecified atom stereocenters. The van der Waals surface area contributed by atoms with E-state index in [0.717, 1.165) is 30.8 Å². The molecule has 0 aliphatic carbocycles. The van der Waals surface area contributed by atoms with Crippen LogP contribution in [-0.4, -0.2) is 18.2 Å². The first kappa shape index (κ1) is 18.8. The predicted octanol–water partition coefficient (Wildman–Crippen LogP) is 5.15. The molecule has 0 amide bonds. The number of nitrogens with two attached hydrogens (primary N) is 1. The maximum Gasteiger partial charge on any atom is 0.123 e. The first-order chi connectivity index (χ1) is 12.6. The van der Waals surface area contributed by atoms with Gasteiger partial charge in [-0.1, -0.05) is 50.2 Å². The maximum absolute atomic E-state index is 6.53. The molecule has 3 nitrogen and oxygen atoms in total. The summed E-state index contributed by atoms with van der Waals surface area (Å²) in [4.78, 5) is 0. The second kappa shape index (κ2) is 8.13. The fourth-order valence-electron chi connectivity index (χ4n) is 4.48. The molecular weight excluding hydrogens is 322 g/mol. The van der Waals surface area contributed by atoms with Gasteiger partial charge in [0.05, 0.1) is 6.10 Å². The van der Waals surface area contributed by atoms with Gasteiger partial charge in [-0.2, -0.15) is 0 Å². The average molecular weight is 354 g/mol. The summed E-state index contributed by atoms with van der Waals surface area (Å²) in [5, 5.41) is 0. The van der Waals surface area contributed by atoms with Crippen LogP contribution >= 0.6 is 0 Å². The Morgan fingerprint density at radius 3 is 2.35 bits per heavy atom. The highest BCUT2D eigenvalue weighted by molar-refractivity contribution is 5.40. The van der Waals surface area contributed by atoms with Gasteiger partial charge in [-0.15, -0.1) is 0 Å². The number of ether oxygens (including phenoxy) is 2. The molecule has 3 heteroatoms. The summed E-state index contributed by atoms with van der Waals surface area (Å²) in [5.41, 5.74) is 7.36. The molecule has 0 bridgehead atoms. The van der Waals surface area contributed by atoms with Gasteiger partial charge < -0.3 is 15.2 Å². The van der Waals surface area contributed by atoms with Crippen molar-refractivity contribution in [2.45, 2.75) is 57.7 Å². The third-order valence-electron chi connectivity index (χ3n) is 5.91. The van der Waals surface area contributed by atoms with Crippen molar-refractivity contribution in [1.29, 1.82) is 0 Å². The molecule has 0 aromatic heterocycles. The standard InChI is InChI=1S/C23H31NO2/c1-4-23(5-2)21(16-24)20(19-13-9-10-14-22(19)26-23)15-17(3)25-18-11-7-6-8-12-18/h6-14,17,20-21H,4-5,15-16,24H2,1-3H3. The second-order valence-electron chi connectivity index (χ2n) is 7.34. The van der Waals surface area contributed by atoms with E-state index < -0.39 is 0 Å². The topological polar surface area (TPSA) is 44.5 Å². The summed E-state index contributed by atoms with van der Waals surface area (Å²) < 4.78 is 12.7. The molecule has 26 heavy (non-hydrogen) atoms. The van der Waals surface area contributed by atoms with Gasteiger partial charge in [0.2, 0.25) is 0 Å².